The number of ether oxygens (including phenoxy) is 1. The number of rotatable bonds is 8. The molecule has 0 atom stereocenters. The van der Waals surface area contributed by atoms with Crippen molar-refractivity contribution >= 4 is 13.1 Å². The van der Waals surface area contributed by atoms with Crippen molar-refractivity contribution in [2.75, 3.05) is 13.1 Å². The van der Waals surface area contributed by atoms with Gasteiger partial charge in [0.25, 0.3) is 0 Å². The maximum atomic E-state index is 11.6. The van der Waals surface area contributed by atoms with Crippen molar-refractivity contribution < 1.29 is 29.8 Å². The van der Waals surface area contributed by atoms with Crippen LogP contribution in [0.25, 0.3) is 0 Å². The first-order valence-corrected chi connectivity index (χ1v) is 8.53. The molecule has 1 aliphatic rings. The molecule has 1 saturated heterocycles. The van der Waals surface area contributed by atoms with E-state index in [0.29, 0.717) is 31.0 Å². The molecule has 0 spiro atoms. The quantitative estimate of drug-likeness (QED) is 0.477. The number of aromatic hydroxyl groups is 1. The van der Waals surface area contributed by atoms with Gasteiger partial charge >= 0.3 is 13.1 Å². The first kappa shape index (κ1) is 19.1. The highest BCUT2D eigenvalue weighted by atomic mass is 16.5. The predicted octanol–water partition coefficient (Wildman–Crippen LogP) is 0.159. The normalized spacial score (nSPS) is 14.6. The molecule has 0 saturated carbocycles. The van der Waals surface area contributed by atoms with E-state index in [1.54, 1.807) is 18.5 Å². The summed E-state index contributed by atoms with van der Waals surface area (Å²) in [6.45, 7) is 1.77. The van der Waals surface area contributed by atoms with Gasteiger partial charge in [0, 0.05) is 25.5 Å². The van der Waals surface area contributed by atoms with Crippen molar-refractivity contribution in [1.82, 2.24) is 14.9 Å². The molecule has 0 unspecified atom stereocenters. The number of carbonyl (C=O) groups is 1. The number of aromatic nitrogens is 2. The van der Waals surface area contributed by atoms with Crippen LogP contribution in [0.5, 0.6) is 11.5 Å². The minimum Gasteiger partial charge on any atom is -0.507 e. The fourth-order valence-corrected chi connectivity index (χ4v) is 2.92. The summed E-state index contributed by atoms with van der Waals surface area (Å²) >= 11 is 0. The Bertz CT molecular complexity index is 799. The lowest BCUT2D eigenvalue weighted by Gasteiger charge is -2.38. The molecule has 0 bridgehead atoms. The molecule has 2 heterocycles. The van der Waals surface area contributed by atoms with E-state index in [1.165, 1.54) is 12.1 Å². The summed E-state index contributed by atoms with van der Waals surface area (Å²) in [4.78, 5) is 21.9. The highest BCUT2D eigenvalue weighted by Crippen LogP contribution is 2.34. The standard InChI is InChI=1S/C17H20BN3O6/c22-16-11(4-5-18(25)26)2-3-13(15(16)17(23)24)27-12-8-21(9-12)10-14-19-6-1-7-20-14/h1-3,6-7,12,22,25-26H,4-5,8-10H2,(H,23,24). The molecule has 0 aliphatic carbocycles. The molecule has 3 rings (SSSR count). The molecule has 0 amide bonds. The highest BCUT2D eigenvalue weighted by Gasteiger charge is 2.31. The summed E-state index contributed by atoms with van der Waals surface area (Å²) in [5.74, 6) is -0.915. The molecule has 1 aliphatic heterocycles. The van der Waals surface area contributed by atoms with Crippen molar-refractivity contribution in [3.8, 4) is 11.5 Å². The number of nitrogens with zero attached hydrogens (tertiary/aromatic N) is 3. The monoisotopic (exact) mass is 373 g/mol. The zero-order chi connectivity index (χ0) is 19.4. The second kappa shape index (κ2) is 8.34. The molecule has 1 aromatic heterocycles. The highest BCUT2D eigenvalue weighted by molar-refractivity contribution is 6.41. The van der Waals surface area contributed by atoms with Gasteiger partial charge in [0.1, 0.15) is 29.0 Å². The van der Waals surface area contributed by atoms with Crippen LogP contribution in [0, 0.1) is 0 Å². The molecule has 1 aromatic carbocycles. The number of carboxylic acid groups (broad SMARTS) is 1. The zero-order valence-corrected chi connectivity index (χ0v) is 14.5. The van der Waals surface area contributed by atoms with Gasteiger partial charge < -0.3 is 25.0 Å². The smallest absolute Gasteiger partial charge is 0.451 e. The summed E-state index contributed by atoms with van der Waals surface area (Å²) in [6, 6.07) is 4.77. The summed E-state index contributed by atoms with van der Waals surface area (Å²) in [6.07, 6.45) is 3.28. The minimum atomic E-state index is -1.52. The van der Waals surface area contributed by atoms with Crippen LogP contribution in [0.4, 0.5) is 0 Å². The number of hydrogen-bond donors (Lipinski definition) is 4. The number of benzene rings is 1. The Hall–Kier alpha value is -2.69. The molecule has 27 heavy (non-hydrogen) atoms. The molecule has 0 radical (unpaired) electrons. The average molecular weight is 373 g/mol. The van der Waals surface area contributed by atoms with Gasteiger partial charge in [0.15, 0.2) is 0 Å². The fraction of sp³-hybridized carbons (Fsp3) is 0.353. The summed E-state index contributed by atoms with van der Waals surface area (Å²) in [5, 5.41) is 37.6. The van der Waals surface area contributed by atoms with E-state index in [1.807, 2.05) is 0 Å². The molecule has 9 nitrogen and oxygen atoms in total. The average Bonchev–Trinajstić information content (AvgIpc) is 2.59. The van der Waals surface area contributed by atoms with Gasteiger partial charge in [0.05, 0.1) is 6.54 Å². The van der Waals surface area contributed by atoms with Gasteiger partial charge in [-0.05, 0) is 30.4 Å². The predicted molar refractivity (Wildman–Crippen MR) is 95.5 cm³/mol. The van der Waals surface area contributed by atoms with E-state index in [9.17, 15) is 15.0 Å². The van der Waals surface area contributed by atoms with E-state index in [2.05, 4.69) is 14.9 Å². The molecular weight excluding hydrogens is 353 g/mol. The van der Waals surface area contributed by atoms with Crippen LogP contribution in [-0.2, 0) is 13.0 Å². The second-order valence-electron chi connectivity index (χ2n) is 6.37. The minimum absolute atomic E-state index is 0.00797. The topological polar surface area (TPSA) is 136 Å². The lowest BCUT2D eigenvalue weighted by molar-refractivity contribution is 0.0119. The molecule has 1 fully saturated rings. The summed E-state index contributed by atoms with van der Waals surface area (Å²) < 4.78 is 5.75. The van der Waals surface area contributed by atoms with Crippen LogP contribution >= 0.6 is 0 Å². The van der Waals surface area contributed by atoms with E-state index in [4.69, 9.17) is 14.8 Å². The van der Waals surface area contributed by atoms with Gasteiger partial charge in [-0.3, -0.25) is 4.90 Å². The van der Waals surface area contributed by atoms with E-state index in [-0.39, 0.29) is 30.2 Å². The van der Waals surface area contributed by atoms with Gasteiger partial charge in [-0.2, -0.15) is 0 Å². The third kappa shape index (κ3) is 4.73. The molecule has 4 N–H and O–H groups in total. The lowest BCUT2D eigenvalue weighted by atomic mass is 9.82. The van der Waals surface area contributed by atoms with Gasteiger partial charge in [-0.15, -0.1) is 0 Å². The molecule has 2 aromatic rings. The molecule has 10 heteroatoms. The van der Waals surface area contributed by atoms with Crippen molar-refractivity contribution in [2.24, 2.45) is 0 Å². The molecular formula is C17H20BN3O6. The zero-order valence-electron chi connectivity index (χ0n) is 14.5. The van der Waals surface area contributed by atoms with E-state index < -0.39 is 18.8 Å². The van der Waals surface area contributed by atoms with Crippen LogP contribution in [-0.4, -0.2) is 67.4 Å². The second-order valence-corrected chi connectivity index (χ2v) is 6.37. The Labute approximate surface area is 156 Å². The Kier molecular flexibility index (Phi) is 5.89. The third-order valence-electron chi connectivity index (χ3n) is 4.31. The summed E-state index contributed by atoms with van der Waals surface area (Å²) in [5.41, 5.74) is 0.00841. The number of carboxylic acids is 1. The summed E-state index contributed by atoms with van der Waals surface area (Å²) in [7, 11) is -1.52. The van der Waals surface area contributed by atoms with Crippen LogP contribution in [0.1, 0.15) is 21.7 Å². The van der Waals surface area contributed by atoms with Crippen LogP contribution in [0.2, 0.25) is 6.32 Å². The number of likely N-dealkylation sites (tertiary alicyclic amines) is 1. The third-order valence-corrected chi connectivity index (χ3v) is 4.31. The Balaban J connectivity index is 1.63. The van der Waals surface area contributed by atoms with E-state index >= 15 is 0 Å². The van der Waals surface area contributed by atoms with Crippen LogP contribution in [0.3, 0.4) is 0 Å². The van der Waals surface area contributed by atoms with Crippen molar-refractivity contribution in [3.63, 3.8) is 0 Å². The van der Waals surface area contributed by atoms with Crippen LogP contribution in [0.15, 0.2) is 30.6 Å². The number of aromatic carboxylic acids is 1. The number of phenols is 1. The maximum absolute atomic E-state index is 11.6. The SMILES string of the molecule is O=C(O)c1c(OC2CN(Cc3ncccn3)C2)ccc(CCB(O)O)c1O. The first-order valence-electron chi connectivity index (χ1n) is 8.53. The Morgan fingerprint density at radius 3 is 2.59 bits per heavy atom. The Morgan fingerprint density at radius 2 is 1.96 bits per heavy atom. The van der Waals surface area contributed by atoms with Crippen LogP contribution < -0.4 is 4.74 Å². The molecule has 142 valence electrons. The van der Waals surface area contributed by atoms with Gasteiger partial charge in [-0.1, -0.05) is 6.07 Å². The van der Waals surface area contributed by atoms with E-state index in [0.717, 1.165) is 0 Å². The number of aryl methyl sites for hydroxylation is 1. The van der Waals surface area contributed by atoms with Crippen molar-refractivity contribution in [2.45, 2.75) is 25.4 Å². The van der Waals surface area contributed by atoms with Gasteiger partial charge in [0.2, 0.25) is 0 Å². The van der Waals surface area contributed by atoms with Crippen molar-refractivity contribution in [3.05, 3.63) is 47.5 Å². The van der Waals surface area contributed by atoms with Crippen molar-refractivity contribution in [1.29, 1.82) is 0 Å². The lowest BCUT2D eigenvalue weighted by Crippen LogP contribution is -2.53. The Morgan fingerprint density at radius 1 is 1.26 bits per heavy atom. The maximum Gasteiger partial charge on any atom is 0.451 e. The largest absolute Gasteiger partial charge is 0.507 e. The fourth-order valence-electron chi connectivity index (χ4n) is 2.92. The number of hydrogen-bond acceptors (Lipinski definition) is 8. The van der Waals surface area contributed by atoms with Gasteiger partial charge in [-0.25, -0.2) is 14.8 Å². The first-order chi connectivity index (χ1) is 12.9.